The first-order valence-corrected chi connectivity index (χ1v) is 8.73. The lowest BCUT2D eigenvalue weighted by atomic mass is 9.98. The molecule has 2 nitrogen and oxygen atoms in total. The molecular formula is C21H32N2. The first kappa shape index (κ1) is 19.4. The van der Waals surface area contributed by atoms with E-state index in [2.05, 4.69) is 60.1 Å². The number of benzene rings is 1. The van der Waals surface area contributed by atoms with Crippen molar-refractivity contribution in [3.05, 3.63) is 65.8 Å². The minimum Gasteiger partial charge on any atom is -0.314 e. The summed E-state index contributed by atoms with van der Waals surface area (Å²) in [4.78, 5) is 2.51. The predicted octanol–water partition coefficient (Wildman–Crippen LogP) is 4.65. The molecule has 1 aliphatic rings. The zero-order valence-electron chi connectivity index (χ0n) is 15.2. The van der Waals surface area contributed by atoms with Gasteiger partial charge in [0.2, 0.25) is 0 Å². The van der Waals surface area contributed by atoms with E-state index in [1.165, 1.54) is 22.3 Å². The summed E-state index contributed by atoms with van der Waals surface area (Å²) in [5.41, 5.74) is 5.11. The van der Waals surface area contributed by atoms with Gasteiger partial charge in [0.1, 0.15) is 0 Å². The normalized spacial score (nSPS) is 16.5. The molecule has 0 amide bonds. The molecule has 126 valence electrons. The predicted molar refractivity (Wildman–Crippen MR) is 104 cm³/mol. The SMILES string of the molecule is C=C/C(=C(C)\C=C/C)c1cccc(CN2CCNCC2)c1.CC. The molecule has 23 heavy (non-hydrogen) atoms. The fourth-order valence-corrected chi connectivity index (χ4v) is 2.81. The monoisotopic (exact) mass is 312 g/mol. The van der Waals surface area contributed by atoms with Gasteiger partial charge in [0.15, 0.2) is 0 Å². The zero-order chi connectivity index (χ0) is 17.1. The number of hydrogen-bond donors (Lipinski definition) is 1. The Labute approximate surface area is 142 Å². The molecule has 1 aromatic carbocycles. The molecule has 1 aromatic rings. The summed E-state index contributed by atoms with van der Waals surface area (Å²) in [6, 6.07) is 8.84. The molecule has 0 bridgehead atoms. The zero-order valence-corrected chi connectivity index (χ0v) is 15.2. The molecular weight excluding hydrogens is 280 g/mol. The Bertz CT molecular complexity index is 535. The molecule has 1 heterocycles. The Kier molecular flexibility index (Phi) is 9.27. The van der Waals surface area contributed by atoms with Crippen LogP contribution in [0.15, 0.2) is 54.6 Å². The number of rotatable bonds is 5. The highest BCUT2D eigenvalue weighted by Crippen LogP contribution is 2.22. The maximum Gasteiger partial charge on any atom is 0.0235 e. The molecule has 0 spiro atoms. The van der Waals surface area contributed by atoms with E-state index in [0.29, 0.717) is 0 Å². The van der Waals surface area contributed by atoms with Crippen molar-refractivity contribution in [3.8, 4) is 0 Å². The van der Waals surface area contributed by atoms with E-state index in [-0.39, 0.29) is 0 Å². The third-order valence-electron chi connectivity index (χ3n) is 3.90. The van der Waals surface area contributed by atoms with Crippen LogP contribution in [0.25, 0.3) is 5.57 Å². The van der Waals surface area contributed by atoms with Crippen molar-refractivity contribution >= 4 is 5.57 Å². The van der Waals surface area contributed by atoms with Gasteiger partial charge >= 0.3 is 0 Å². The van der Waals surface area contributed by atoms with E-state index < -0.39 is 0 Å². The maximum atomic E-state index is 3.98. The van der Waals surface area contributed by atoms with Crippen molar-refractivity contribution in [2.24, 2.45) is 0 Å². The summed E-state index contributed by atoms with van der Waals surface area (Å²) >= 11 is 0. The number of hydrogen-bond acceptors (Lipinski definition) is 2. The van der Waals surface area contributed by atoms with Gasteiger partial charge in [-0.2, -0.15) is 0 Å². The molecule has 1 aliphatic heterocycles. The minimum absolute atomic E-state index is 1.03. The van der Waals surface area contributed by atoms with Gasteiger partial charge in [-0.25, -0.2) is 0 Å². The molecule has 0 unspecified atom stereocenters. The van der Waals surface area contributed by atoms with Crippen molar-refractivity contribution in [2.45, 2.75) is 34.2 Å². The second-order valence-electron chi connectivity index (χ2n) is 5.53. The molecule has 2 heteroatoms. The highest BCUT2D eigenvalue weighted by Gasteiger charge is 2.10. The summed E-state index contributed by atoms with van der Waals surface area (Å²) in [5, 5.41) is 3.40. The first-order chi connectivity index (χ1) is 11.2. The van der Waals surface area contributed by atoms with Gasteiger partial charge in [0, 0.05) is 32.7 Å². The fraction of sp³-hybridized carbons (Fsp3) is 0.429. The molecule has 0 aromatic heterocycles. The molecule has 1 N–H and O–H groups in total. The summed E-state index contributed by atoms with van der Waals surface area (Å²) in [7, 11) is 0. The Morgan fingerprint density at radius 2 is 1.96 bits per heavy atom. The average Bonchev–Trinajstić information content (AvgIpc) is 2.59. The van der Waals surface area contributed by atoms with Crippen molar-refractivity contribution in [2.75, 3.05) is 26.2 Å². The standard InChI is InChI=1S/C19H26N2.C2H6/c1-4-7-16(3)19(5-2)18-9-6-8-17(14-18)15-21-12-10-20-11-13-21;1-2/h4-9,14,20H,2,10-13,15H2,1,3H3;1-2H3/b7-4-,19-16+;. The van der Waals surface area contributed by atoms with Gasteiger partial charge in [-0.3, -0.25) is 4.90 Å². The lowest BCUT2D eigenvalue weighted by Crippen LogP contribution is -2.42. The van der Waals surface area contributed by atoms with Crippen LogP contribution in [0, 0.1) is 0 Å². The van der Waals surface area contributed by atoms with Crippen LogP contribution in [0.2, 0.25) is 0 Å². The largest absolute Gasteiger partial charge is 0.314 e. The van der Waals surface area contributed by atoms with E-state index in [4.69, 9.17) is 0 Å². The Hall–Kier alpha value is -1.64. The molecule has 2 rings (SSSR count). The Morgan fingerprint density at radius 1 is 1.26 bits per heavy atom. The fourth-order valence-electron chi connectivity index (χ4n) is 2.81. The van der Waals surface area contributed by atoms with Gasteiger partial charge in [0.05, 0.1) is 0 Å². The van der Waals surface area contributed by atoms with Crippen LogP contribution < -0.4 is 5.32 Å². The van der Waals surface area contributed by atoms with Gasteiger partial charge in [-0.05, 0) is 42.2 Å². The van der Waals surface area contributed by atoms with Gasteiger partial charge < -0.3 is 5.32 Å². The Morgan fingerprint density at radius 3 is 2.57 bits per heavy atom. The number of nitrogens with one attached hydrogen (secondary N) is 1. The summed E-state index contributed by atoms with van der Waals surface area (Å²) in [5.74, 6) is 0. The Balaban J connectivity index is 0.00000127. The van der Waals surface area contributed by atoms with Crippen molar-refractivity contribution in [1.29, 1.82) is 0 Å². The number of piperazine rings is 1. The van der Waals surface area contributed by atoms with Crippen LogP contribution in [-0.2, 0) is 6.54 Å². The van der Waals surface area contributed by atoms with Crippen molar-refractivity contribution < 1.29 is 0 Å². The van der Waals surface area contributed by atoms with E-state index >= 15 is 0 Å². The third kappa shape index (κ3) is 6.17. The van der Waals surface area contributed by atoms with Crippen LogP contribution in [-0.4, -0.2) is 31.1 Å². The van der Waals surface area contributed by atoms with Crippen LogP contribution in [0.3, 0.4) is 0 Å². The maximum absolute atomic E-state index is 3.98. The summed E-state index contributed by atoms with van der Waals surface area (Å²) in [6.07, 6.45) is 6.17. The van der Waals surface area contributed by atoms with Crippen LogP contribution in [0.4, 0.5) is 0 Å². The molecule has 0 atom stereocenters. The lowest BCUT2D eigenvalue weighted by molar-refractivity contribution is 0.233. The van der Waals surface area contributed by atoms with Crippen molar-refractivity contribution in [3.63, 3.8) is 0 Å². The van der Waals surface area contributed by atoms with Crippen LogP contribution >= 0.6 is 0 Å². The van der Waals surface area contributed by atoms with Crippen LogP contribution in [0.1, 0.15) is 38.8 Å². The second kappa shape index (κ2) is 11.0. The van der Waals surface area contributed by atoms with Crippen molar-refractivity contribution in [1.82, 2.24) is 10.2 Å². The van der Waals surface area contributed by atoms with Gasteiger partial charge in [-0.15, -0.1) is 0 Å². The number of nitrogens with zero attached hydrogens (tertiary/aromatic N) is 1. The smallest absolute Gasteiger partial charge is 0.0235 e. The average molecular weight is 313 g/mol. The van der Waals surface area contributed by atoms with Crippen LogP contribution in [0.5, 0.6) is 0 Å². The highest BCUT2D eigenvalue weighted by atomic mass is 15.2. The topological polar surface area (TPSA) is 15.3 Å². The quantitative estimate of drug-likeness (QED) is 0.796. The van der Waals surface area contributed by atoms with Gasteiger partial charge in [-0.1, -0.05) is 56.9 Å². The molecule has 0 aliphatic carbocycles. The van der Waals surface area contributed by atoms with E-state index in [1.54, 1.807) is 0 Å². The summed E-state index contributed by atoms with van der Waals surface area (Å²) in [6.45, 7) is 17.6. The minimum atomic E-state index is 1.03. The lowest BCUT2D eigenvalue weighted by Gasteiger charge is -2.27. The second-order valence-corrected chi connectivity index (χ2v) is 5.53. The highest BCUT2D eigenvalue weighted by molar-refractivity contribution is 5.77. The third-order valence-corrected chi connectivity index (χ3v) is 3.90. The summed E-state index contributed by atoms with van der Waals surface area (Å²) < 4.78 is 0. The first-order valence-electron chi connectivity index (χ1n) is 8.73. The van der Waals surface area contributed by atoms with Gasteiger partial charge in [0.25, 0.3) is 0 Å². The van der Waals surface area contributed by atoms with E-state index in [1.807, 2.05) is 26.8 Å². The molecule has 0 radical (unpaired) electrons. The van der Waals surface area contributed by atoms with E-state index in [0.717, 1.165) is 32.7 Å². The number of allylic oxidation sites excluding steroid dienone is 5. The molecule has 0 saturated carbocycles. The molecule has 1 saturated heterocycles. The van der Waals surface area contributed by atoms with E-state index in [9.17, 15) is 0 Å². The molecule has 1 fully saturated rings.